The average Bonchev–Trinajstić information content (AvgIpc) is 3.11. The summed E-state index contributed by atoms with van der Waals surface area (Å²) in [5.41, 5.74) is 2.15. The molecule has 2 aromatic carbocycles. The smallest absolute Gasteiger partial charge is 0.287 e. The predicted octanol–water partition coefficient (Wildman–Crippen LogP) is 3.89. The van der Waals surface area contributed by atoms with Gasteiger partial charge in [0.15, 0.2) is 5.76 Å². The van der Waals surface area contributed by atoms with E-state index in [0.29, 0.717) is 23.4 Å². The van der Waals surface area contributed by atoms with Crippen LogP contribution in [0.15, 0.2) is 65.1 Å². The van der Waals surface area contributed by atoms with Crippen LogP contribution < -0.4 is 5.32 Å². The molecule has 0 saturated carbocycles. The van der Waals surface area contributed by atoms with Gasteiger partial charge in [0.1, 0.15) is 11.6 Å². The minimum atomic E-state index is -0.340. The quantitative estimate of drug-likeness (QED) is 0.793. The molecular weight excluding hydrogens is 307 g/mol. The van der Waals surface area contributed by atoms with E-state index in [1.807, 2.05) is 6.07 Å². The maximum absolute atomic E-state index is 12.9. The van der Waals surface area contributed by atoms with Crippen LogP contribution in [0.5, 0.6) is 0 Å². The number of halogens is 1. The van der Waals surface area contributed by atoms with Crippen molar-refractivity contribution >= 4 is 5.91 Å². The van der Waals surface area contributed by atoms with Gasteiger partial charge < -0.3 is 9.73 Å². The fraction of sp³-hybridized carbons (Fsp3) is 0.0526. The zero-order valence-corrected chi connectivity index (χ0v) is 12.6. The van der Waals surface area contributed by atoms with E-state index < -0.39 is 0 Å². The van der Waals surface area contributed by atoms with Gasteiger partial charge in [-0.1, -0.05) is 12.1 Å². The van der Waals surface area contributed by atoms with Crippen molar-refractivity contribution in [1.29, 1.82) is 5.26 Å². The number of rotatable bonds is 4. The molecule has 1 aromatic heterocycles. The molecule has 0 fully saturated rings. The highest BCUT2D eigenvalue weighted by molar-refractivity contribution is 5.92. The standard InChI is InChI=1S/C19H13FN2O2/c20-16-7-5-15(6-8-16)17-9-10-18(24-17)19(23)22-12-14-3-1-13(11-21)2-4-14/h1-10H,12H2,(H,22,23). The van der Waals surface area contributed by atoms with Gasteiger partial charge >= 0.3 is 0 Å². The molecule has 3 aromatic rings. The Bertz CT molecular complexity index is 890. The van der Waals surface area contributed by atoms with Gasteiger partial charge in [0.25, 0.3) is 5.91 Å². The fourth-order valence-corrected chi connectivity index (χ4v) is 2.20. The van der Waals surface area contributed by atoms with Crippen LogP contribution in [0.2, 0.25) is 0 Å². The third-order valence-electron chi connectivity index (χ3n) is 3.49. The maximum atomic E-state index is 12.9. The Kier molecular flexibility index (Phi) is 4.39. The summed E-state index contributed by atoms with van der Waals surface area (Å²) in [5.74, 6) is 0.0138. The Morgan fingerprint density at radius 3 is 2.42 bits per heavy atom. The lowest BCUT2D eigenvalue weighted by atomic mass is 10.1. The molecule has 24 heavy (non-hydrogen) atoms. The summed E-state index contributed by atoms with van der Waals surface area (Å²) in [7, 11) is 0. The van der Waals surface area contributed by atoms with E-state index in [2.05, 4.69) is 5.32 Å². The number of hydrogen-bond acceptors (Lipinski definition) is 3. The molecule has 0 atom stereocenters. The number of nitrogens with zero attached hydrogens (tertiary/aromatic N) is 1. The van der Waals surface area contributed by atoms with Crippen LogP contribution in [0.3, 0.4) is 0 Å². The normalized spacial score (nSPS) is 10.2. The third kappa shape index (κ3) is 3.50. The Labute approximate surface area is 138 Å². The van der Waals surface area contributed by atoms with E-state index in [9.17, 15) is 9.18 Å². The molecule has 0 unspecified atom stereocenters. The molecule has 1 amide bonds. The zero-order valence-electron chi connectivity index (χ0n) is 12.6. The number of furan rings is 1. The fourth-order valence-electron chi connectivity index (χ4n) is 2.20. The predicted molar refractivity (Wildman–Crippen MR) is 86.4 cm³/mol. The maximum Gasteiger partial charge on any atom is 0.287 e. The highest BCUT2D eigenvalue weighted by atomic mass is 19.1. The molecule has 1 heterocycles. The second kappa shape index (κ2) is 6.80. The topological polar surface area (TPSA) is 66.0 Å². The monoisotopic (exact) mass is 320 g/mol. The number of carbonyl (C=O) groups is 1. The van der Waals surface area contributed by atoms with Gasteiger partial charge in [0, 0.05) is 12.1 Å². The van der Waals surface area contributed by atoms with E-state index in [-0.39, 0.29) is 17.5 Å². The van der Waals surface area contributed by atoms with Gasteiger partial charge in [-0.15, -0.1) is 0 Å². The van der Waals surface area contributed by atoms with Crippen molar-refractivity contribution in [1.82, 2.24) is 5.32 Å². The van der Waals surface area contributed by atoms with Crippen LogP contribution >= 0.6 is 0 Å². The van der Waals surface area contributed by atoms with Gasteiger partial charge in [-0.3, -0.25) is 4.79 Å². The van der Waals surface area contributed by atoms with Gasteiger partial charge in [-0.05, 0) is 54.1 Å². The molecule has 0 spiro atoms. The minimum Gasteiger partial charge on any atom is -0.451 e. The molecule has 3 rings (SSSR count). The lowest BCUT2D eigenvalue weighted by molar-refractivity contribution is 0.0924. The Morgan fingerprint density at radius 2 is 1.75 bits per heavy atom. The largest absolute Gasteiger partial charge is 0.451 e. The molecule has 5 heteroatoms. The molecule has 4 nitrogen and oxygen atoms in total. The summed E-state index contributed by atoms with van der Waals surface area (Å²) in [4.78, 5) is 12.1. The average molecular weight is 320 g/mol. The van der Waals surface area contributed by atoms with Crippen LogP contribution in [0.25, 0.3) is 11.3 Å². The Balaban J connectivity index is 1.65. The summed E-state index contributed by atoms with van der Waals surface area (Å²) in [6.07, 6.45) is 0. The first-order valence-corrected chi connectivity index (χ1v) is 7.29. The molecule has 0 radical (unpaired) electrons. The van der Waals surface area contributed by atoms with Crippen LogP contribution in [0, 0.1) is 17.1 Å². The number of nitrogens with one attached hydrogen (secondary N) is 1. The summed E-state index contributed by atoms with van der Waals surface area (Å²) >= 11 is 0. The summed E-state index contributed by atoms with van der Waals surface area (Å²) in [6.45, 7) is 0.330. The van der Waals surface area contributed by atoms with Crippen molar-refractivity contribution in [2.45, 2.75) is 6.54 Å². The summed E-state index contributed by atoms with van der Waals surface area (Å²) in [6, 6.07) is 18.1. The number of nitriles is 1. The van der Waals surface area contributed by atoms with Crippen LogP contribution in [-0.2, 0) is 6.54 Å². The highest BCUT2D eigenvalue weighted by Crippen LogP contribution is 2.22. The molecule has 0 bridgehead atoms. The second-order valence-corrected chi connectivity index (χ2v) is 5.16. The van der Waals surface area contributed by atoms with Gasteiger partial charge in [-0.25, -0.2) is 4.39 Å². The van der Waals surface area contributed by atoms with Crippen LogP contribution in [0.4, 0.5) is 4.39 Å². The van der Waals surface area contributed by atoms with Crippen molar-refractivity contribution in [2.75, 3.05) is 0 Å². The van der Waals surface area contributed by atoms with Gasteiger partial charge in [-0.2, -0.15) is 5.26 Å². The van der Waals surface area contributed by atoms with Crippen molar-refractivity contribution in [3.8, 4) is 17.4 Å². The first-order chi connectivity index (χ1) is 11.7. The number of carbonyl (C=O) groups excluding carboxylic acids is 1. The van der Waals surface area contributed by atoms with E-state index >= 15 is 0 Å². The first-order valence-electron chi connectivity index (χ1n) is 7.29. The number of amides is 1. The molecule has 0 aliphatic heterocycles. The molecule has 1 N–H and O–H groups in total. The van der Waals surface area contributed by atoms with E-state index in [0.717, 1.165) is 5.56 Å². The molecule has 0 aliphatic rings. The van der Waals surface area contributed by atoms with Crippen LogP contribution in [-0.4, -0.2) is 5.91 Å². The highest BCUT2D eigenvalue weighted by Gasteiger charge is 2.12. The van der Waals surface area contributed by atoms with Crippen molar-refractivity contribution in [3.63, 3.8) is 0 Å². The SMILES string of the molecule is N#Cc1ccc(CNC(=O)c2ccc(-c3ccc(F)cc3)o2)cc1. The summed E-state index contributed by atoms with van der Waals surface area (Å²) < 4.78 is 18.5. The van der Waals surface area contributed by atoms with Crippen LogP contribution in [0.1, 0.15) is 21.7 Å². The Morgan fingerprint density at radius 1 is 1.04 bits per heavy atom. The minimum absolute atomic E-state index is 0.183. The lowest BCUT2D eigenvalue weighted by Gasteiger charge is -2.03. The van der Waals surface area contributed by atoms with E-state index in [1.165, 1.54) is 12.1 Å². The van der Waals surface area contributed by atoms with Crippen molar-refractivity contribution in [2.24, 2.45) is 0 Å². The second-order valence-electron chi connectivity index (χ2n) is 5.16. The number of hydrogen-bond donors (Lipinski definition) is 1. The van der Waals surface area contributed by atoms with E-state index in [4.69, 9.17) is 9.68 Å². The van der Waals surface area contributed by atoms with E-state index in [1.54, 1.807) is 48.5 Å². The molecule has 0 saturated heterocycles. The molecule has 118 valence electrons. The van der Waals surface area contributed by atoms with Crippen molar-refractivity contribution < 1.29 is 13.6 Å². The first kappa shape index (κ1) is 15.5. The zero-order chi connectivity index (χ0) is 16.9. The third-order valence-corrected chi connectivity index (χ3v) is 3.49. The van der Waals surface area contributed by atoms with Crippen molar-refractivity contribution in [3.05, 3.63) is 83.4 Å². The summed E-state index contributed by atoms with van der Waals surface area (Å²) in [5, 5.41) is 11.5. The molecular formula is C19H13FN2O2. The van der Waals surface area contributed by atoms with Gasteiger partial charge in [0.05, 0.1) is 11.6 Å². The van der Waals surface area contributed by atoms with Gasteiger partial charge in [0.2, 0.25) is 0 Å². The lowest BCUT2D eigenvalue weighted by Crippen LogP contribution is -2.22. The number of benzene rings is 2. The molecule has 0 aliphatic carbocycles. The Hall–Kier alpha value is -3.39.